The number of allylic oxidation sites excluding steroid dienone is 2. The molecule has 2 heterocycles. The second kappa shape index (κ2) is 6.90. The topological polar surface area (TPSA) is 68.5 Å². The molecule has 1 saturated heterocycles. The van der Waals surface area contributed by atoms with Crippen molar-refractivity contribution >= 4 is 5.91 Å². The summed E-state index contributed by atoms with van der Waals surface area (Å²) in [5, 5.41) is 4.28. The highest BCUT2D eigenvalue weighted by molar-refractivity contribution is 5.79. The molecule has 0 aromatic carbocycles. The Kier molecular flexibility index (Phi) is 4.63. The quantitative estimate of drug-likeness (QED) is 0.742. The van der Waals surface area contributed by atoms with Crippen LogP contribution in [0.4, 0.5) is 0 Å². The molecule has 2 aliphatic carbocycles. The Balaban J connectivity index is 1.46. The number of carbonyl (C=O) groups is 1. The van der Waals surface area contributed by atoms with Crippen molar-refractivity contribution in [1.82, 2.24) is 15.0 Å². The summed E-state index contributed by atoms with van der Waals surface area (Å²) < 4.78 is 10.5. The molecule has 2 fully saturated rings. The average molecular weight is 345 g/mol. The van der Waals surface area contributed by atoms with Crippen LogP contribution < -0.4 is 0 Å². The van der Waals surface area contributed by atoms with Crippen molar-refractivity contribution in [3.05, 3.63) is 23.9 Å². The van der Waals surface area contributed by atoms with Gasteiger partial charge >= 0.3 is 0 Å². The second-order valence-electron chi connectivity index (χ2n) is 7.84. The van der Waals surface area contributed by atoms with Gasteiger partial charge in [0.1, 0.15) is 6.61 Å². The first-order valence-electron chi connectivity index (χ1n) is 9.46. The van der Waals surface area contributed by atoms with E-state index in [-0.39, 0.29) is 11.3 Å². The molecular weight excluding hydrogens is 318 g/mol. The van der Waals surface area contributed by atoms with Gasteiger partial charge in [0.2, 0.25) is 5.91 Å². The number of methoxy groups -OCH3 is 1. The Hall–Kier alpha value is -1.69. The molecule has 0 unspecified atom stereocenters. The fourth-order valence-corrected chi connectivity index (χ4v) is 4.28. The lowest BCUT2D eigenvalue weighted by atomic mass is 9.73. The van der Waals surface area contributed by atoms with Crippen molar-refractivity contribution < 1.29 is 14.1 Å². The normalized spacial score (nSPS) is 23.3. The molecule has 1 amide bonds. The molecule has 1 aromatic rings. The van der Waals surface area contributed by atoms with Crippen LogP contribution in [0.3, 0.4) is 0 Å². The van der Waals surface area contributed by atoms with E-state index in [0.717, 1.165) is 56.9 Å². The summed E-state index contributed by atoms with van der Waals surface area (Å²) in [6.07, 6.45) is 11.6. The van der Waals surface area contributed by atoms with Crippen LogP contribution in [0.25, 0.3) is 0 Å². The summed E-state index contributed by atoms with van der Waals surface area (Å²) in [6.45, 7) is 1.96. The molecule has 0 atom stereocenters. The summed E-state index contributed by atoms with van der Waals surface area (Å²) in [5.74, 6) is 2.63. The molecule has 1 aliphatic heterocycles. The van der Waals surface area contributed by atoms with E-state index in [1.807, 2.05) is 0 Å². The van der Waals surface area contributed by atoms with Crippen molar-refractivity contribution in [2.24, 2.45) is 11.8 Å². The Morgan fingerprint density at radius 1 is 1.32 bits per heavy atom. The van der Waals surface area contributed by atoms with Gasteiger partial charge in [0, 0.05) is 31.5 Å². The number of hydrogen-bond acceptors (Lipinski definition) is 5. The smallest absolute Gasteiger partial charge is 0.252 e. The van der Waals surface area contributed by atoms with Crippen molar-refractivity contribution in [2.75, 3.05) is 20.2 Å². The summed E-state index contributed by atoms with van der Waals surface area (Å²) in [4.78, 5) is 19.4. The van der Waals surface area contributed by atoms with Crippen LogP contribution in [-0.2, 0) is 21.6 Å². The molecule has 1 saturated carbocycles. The maximum Gasteiger partial charge on any atom is 0.252 e. The van der Waals surface area contributed by atoms with E-state index in [2.05, 4.69) is 27.2 Å². The number of ether oxygens (including phenoxy) is 1. The second-order valence-corrected chi connectivity index (χ2v) is 7.84. The molecule has 136 valence electrons. The summed E-state index contributed by atoms with van der Waals surface area (Å²) in [5.41, 5.74) is -0.0403. The minimum Gasteiger partial charge on any atom is -0.375 e. The zero-order valence-corrected chi connectivity index (χ0v) is 14.9. The molecule has 3 aliphatic rings. The Morgan fingerprint density at radius 2 is 2.04 bits per heavy atom. The summed E-state index contributed by atoms with van der Waals surface area (Å²) in [6, 6.07) is 0. The van der Waals surface area contributed by atoms with Gasteiger partial charge in [0.15, 0.2) is 5.82 Å². The average Bonchev–Trinajstić information content (AvgIpc) is 3.10. The standard InChI is InChI=1S/C19H27N3O3/c1-24-13-16-20-18(21-25-16)19(12-14-6-7-14)8-10-22(11-9-19)17(23)15-4-2-3-5-15/h2-3,14-15H,4-13H2,1H3. The summed E-state index contributed by atoms with van der Waals surface area (Å²) in [7, 11) is 1.63. The van der Waals surface area contributed by atoms with Gasteiger partial charge < -0.3 is 14.2 Å². The van der Waals surface area contributed by atoms with Gasteiger partial charge in [0.25, 0.3) is 5.89 Å². The maximum atomic E-state index is 12.7. The number of piperidine rings is 1. The molecule has 4 rings (SSSR count). The number of nitrogens with zero attached hydrogens (tertiary/aromatic N) is 3. The lowest BCUT2D eigenvalue weighted by Crippen LogP contribution is -2.47. The molecule has 25 heavy (non-hydrogen) atoms. The van der Waals surface area contributed by atoms with E-state index in [1.54, 1.807) is 7.11 Å². The van der Waals surface area contributed by atoms with Crippen molar-refractivity contribution in [1.29, 1.82) is 0 Å². The van der Waals surface area contributed by atoms with E-state index in [0.29, 0.717) is 18.4 Å². The molecule has 1 aromatic heterocycles. The third kappa shape index (κ3) is 3.50. The Labute approximate surface area is 148 Å². The first kappa shape index (κ1) is 16.8. The minimum atomic E-state index is -0.0403. The fourth-order valence-electron chi connectivity index (χ4n) is 4.28. The van der Waals surface area contributed by atoms with Gasteiger partial charge in [-0.3, -0.25) is 4.79 Å². The van der Waals surface area contributed by atoms with Crippen molar-refractivity contribution in [3.63, 3.8) is 0 Å². The number of likely N-dealkylation sites (tertiary alicyclic amines) is 1. The number of amides is 1. The van der Waals surface area contributed by atoms with E-state index < -0.39 is 0 Å². The number of hydrogen-bond donors (Lipinski definition) is 0. The molecule has 6 nitrogen and oxygen atoms in total. The van der Waals surface area contributed by atoms with Gasteiger partial charge in [-0.15, -0.1) is 0 Å². The minimum absolute atomic E-state index is 0.0403. The van der Waals surface area contributed by atoms with Crippen LogP contribution in [0, 0.1) is 11.8 Å². The molecule has 0 radical (unpaired) electrons. The largest absolute Gasteiger partial charge is 0.375 e. The van der Waals surface area contributed by atoms with Crippen LogP contribution in [0.5, 0.6) is 0 Å². The molecule has 0 N–H and O–H groups in total. The van der Waals surface area contributed by atoms with Gasteiger partial charge in [-0.2, -0.15) is 4.98 Å². The first-order valence-corrected chi connectivity index (χ1v) is 9.46. The lowest BCUT2D eigenvalue weighted by molar-refractivity contribution is -0.137. The van der Waals surface area contributed by atoms with E-state index >= 15 is 0 Å². The van der Waals surface area contributed by atoms with Crippen LogP contribution in [0.2, 0.25) is 0 Å². The first-order chi connectivity index (χ1) is 12.2. The van der Waals surface area contributed by atoms with E-state index in [1.165, 1.54) is 12.8 Å². The van der Waals surface area contributed by atoms with Crippen LogP contribution in [0.15, 0.2) is 16.7 Å². The van der Waals surface area contributed by atoms with Crippen molar-refractivity contribution in [2.45, 2.75) is 57.0 Å². The molecule has 0 bridgehead atoms. The van der Waals surface area contributed by atoms with Crippen molar-refractivity contribution in [3.8, 4) is 0 Å². The lowest BCUT2D eigenvalue weighted by Gasteiger charge is -2.40. The SMILES string of the molecule is COCc1nc(C2(CC3CC3)CCN(C(=O)C3CC=CC3)CC2)no1. The highest BCUT2D eigenvalue weighted by Crippen LogP contribution is 2.46. The zero-order valence-electron chi connectivity index (χ0n) is 14.9. The predicted octanol–water partition coefficient (Wildman–Crippen LogP) is 2.84. The maximum absolute atomic E-state index is 12.7. The third-order valence-corrected chi connectivity index (χ3v) is 5.98. The zero-order chi connectivity index (χ0) is 17.3. The van der Waals surface area contributed by atoms with Gasteiger partial charge in [0.05, 0.1) is 0 Å². The molecule has 0 spiro atoms. The Bertz CT molecular complexity index is 634. The van der Waals surface area contributed by atoms with Crippen LogP contribution >= 0.6 is 0 Å². The number of aromatic nitrogens is 2. The Morgan fingerprint density at radius 3 is 2.68 bits per heavy atom. The van der Waals surface area contributed by atoms with Gasteiger partial charge in [-0.05, 0) is 38.0 Å². The highest BCUT2D eigenvalue weighted by atomic mass is 16.5. The summed E-state index contributed by atoms with van der Waals surface area (Å²) >= 11 is 0. The van der Waals surface area contributed by atoms with Crippen LogP contribution in [-0.4, -0.2) is 41.1 Å². The van der Waals surface area contributed by atoms with Gasteiger partial charge in [-0.25, -0.2) is 0 Å². The number of carbonyl (C=O) groups excluding carboxylic acids is 1. The monoisotopic (exact) mass is 345 g/mol. The highest BCUT2D eigenvalue weighted by Gasteiger charge is 2.45. The van der Waals surface area contributed by atoms with E-state index in [4.69, 9.17) is 9.26 Å². The van der Waals surface area contributed by atoms with E-state index in [9.17, 15) is 4.79 Å². The third-order valence-electron chi connectivity index (χ3n) is 5.98. The van der Waals surface area contributed by atoms with Crippen LogP contribution in [0.1, 0.15) is 56.7 Å². The fraction of sp³-hybridized carbons (Fsp3) is 0.737. The molecular formula is C19H27N3O3. The number of rotatable bonds is 6. The molecule has 6 heteroatoms. The van der Waals surface area contributed by atoms with Gasteiger partial charge in [-0.1, -0.05) is 30.2 Å². The predicted molar refractivity (Wildman–Crippen MR) is 91.7 cm³/mol.